The molecule has 0 spiro atoms. The van der Waals surface area contributed by atoms with Gasteiger partial charge in [-0.3, -0.25) is 4.90 Å². The van der Waals surface area contributed by atoms with Crippen molar-refractivity contribution < 1.29 is 22.3 Å². The molecular weight excluding hydrogens is 421 g/mol. The van der Waals surface area contributed by atoms with Crippen LogP contribution in [0, 0.1) is 5.92 Å². The topological polar surface area (TPSA) is 33.7 Å². The van der Waals surface area contributed by atoms with Crippen molar-refractivity contribution in [3.05, 3.63) is 29.8 Å². The second-order valence-electron chi connectivity index (χ2n) is 10.6. The third kappa shape index (κ3) is 7.48. The lowest BCUT2D eigenvalue weighted by Gasteiger charge is -2.38. The molecule has 0 radical (unpaired) electrons. The van der Waals surface area contributed by atoms with Gasteiger partial charge >= 0.3 is 6.36 Å². The van der Waals surface area contributed by atoms with E-state index in [1.807, 2.05) is 6.07 Å². The molecule has 1 aliphatic heterocycles. The van der Waals surface area contributed by atoms with Crippen molar-refractivity contribution >= 4 is 8.32 Å². The zero-order valence-corrected chi connectivity index (χ0v) is 20.4. The molecule has 176 valence electrons. The summed E-state index contributed by atoms with van der Waals surface area (Å²) in [4.78, 5) is 2.37. The van der Waals surface area contributed by atoms with E-state index in [9.17, 15) is 13.2 Å². The van der Waals surface area contributed by atoms with Crippen LogP contribution in [0.15, 0.2) is 24.3 Å². The zero-order valence-electron chi connectivity index (χ0n) is 19.4. The van der Waals surface area contributed by atoms with Gasteiger partial charge in [0.2, 0.25) is 0 Å². The molecule has 1 aromatic rings. The van der Waals surface area contributed by atoms with Crippen LogP contribution in [0.1, 0.15) is 51.6 Å². The number of nitrogens with one attached hydrogen (secondary N) is 1. The number of rotatable bonds is 9. The SMILES string of the molecule is CC(C)(C)[Si](C)(C)O[C@H]1CCN(C[C@@H](NCC2CC2)c2cccc(OC(F)(F)F)c2)C1. The van der Waals surface area contributed by atoms with E-state index in [0.717, 1.165) is 38.2 Å². The average Bonchev–Trinajstić information content (AvgIpc) is 3.35. The highest BCUT2D eigenvalue weighted by Gasteiger charge is 2.40. The summed E-state index contributed by atoms with van der Waals surface area (Å²) in [6, 6.07) is 6.35. The fourth-order valence-electron chi connectivity index (χ4n) is 3.76. The second kappa shape index (κ2) is 9.41. The summed E-state index contributed by atoms with van der Waals surface area (Å²) >= 11 is 0. The minimum absolute atomic E-state index is 0.0380. The van der Waals surface area contributed by atoms with E-state index >= 15 is 0 Å². The first-order chi connectivity index (χ1) is 14.3. The molecule has 2 aliphatic rings. The number of benzene rings is 1. The van der Waals surface area contributed by atoms with Crippen molar-refractivity contribution in [3.8, 4) is 5.75 Å². The summed E-state index contributed by atoms with van der Waals surface area (Å²) in [6.07, 6.45) is -1.01. The summed E-state index contributed by atoms with van der Waals surface area (Å²) in [7, 11) is -1.82. The smallest absolute Gasteiger partial charge is 0.413 e. The molecule has 1 N–H and O–H groups in total. The normalized spacial score (nSPS) is 22.0. The Morgan fingerprint density at radius 2 is 1.87 bits per heavy atom. The molecule has 2 fully saturated rings. The third-order valence-corrected chi connectivity index (χ3v) is 11.3. The van der Waals surface area contributed by atoms with Gasteiger partial charge in [0.05, 0.1) is 6.10 Å². The van der Waals surface area contributed by atoms with Crippen LogP contribution < -0.4 is 10.1 Å². The van der Waals surface area contributed by atoms with Gasteiger partial charge in [0, 0.05) is 25.7 Å². The Hall–Kier alpha value is -1.09. The van der Waals surface area contributed by atoms with Gasteiger partial charge in [-0.2, -0.15) is 0 Å². The highest BCUT2D eigenvalue weighted by Crippen LogP contribution is 2.38. The lowest BCUT2D eigenvalue weighted by atomic mass is 10.1. The maximum Gasteiger partial charge on any atom is 0.573 e. The quantitative estimate of drug-likeness (QED) is 0.480. The summed E-state index contributed by atoms with van der Waals surface area (Å²) in [6.45, 7) is 14.8. The van der Waals surface area contributed by atoms with Crippen LogP contribution in [0.25, 0.3) is 0 Å². The largest absolute Gasteiger partial charge is 0.573 e. The van der Waals surface area contributed by atoms with Crippen molar-refractivity contribution in [2.24, 2.45) is 5.92 Å². The highest BCUT2D eigenvalue weighted by atomic mass is 28.4. The number of halogens is 3. The minimum atomic E-state index is -4.68. The van der Waals surface area contributed by atoms with Gasteiger partial charge in [0.25, 0.3) is 0 Å². The van der Waals surface area contributed by atoms with Crippen molar-refractivity contribution in [2.45, 2.75) is 76.7 Å². The van der Waals surface area contributed by atoms with Gasteiger partial charge in [0.1, 0.15) is 5.75 Å². The van der Waals surface area contributed by atoms with Crippen molar-refractivity contribution in [1.29, 1.82) is 0 Å². The van der Waals surface area contributed by atoms with Crippen molar-refractivity contribution in [3.63, 3.8) is 0 Å². The van der Waals surface area contributed by atoms with E-state index in [2.05, 4.69) is 48.8 Å². The molecule has 1 saturated heterocycles. The van der Waals surface area contributed by atoms with Gasteiger partial charge in [-0.1, -0.05) is 32.9 Å². The molecule has 1 aliphatic carbocycles. The molecular formula is C23H37F3N2O2Si. The monoisotopic (exact) mass is 458 g/mol. The molecule has 8 heteroatoms. The Morgan fingerprint density at radius 3 is 2.48 bits per heavy atom. The molecule has 4 nitrogen and oxygen atoms in total. The summed E-state index contributed by atoms with van der Waals surface area (Å²) in [5, 5.41) is 3.77. The Morgan fingerprint density at radius 1 is 1.16 bits per heavy atom. The summed E-state index contributed by atoms with van der Waals surface area (Å²) in [5.74, 6) is 0.522. The lowest BCUT2D eigenvalue weighted by Crippen LogP contribution is -2.44. The predicted octanol–water partition coefficient (Wildman–Crippen LogP) is 5.72. The van der Waals surface area contributed by atoms with E-state index < -0.39 is 14.7 Å². The van der Waals surface area contributed by atoms with E-state index in [4.69, 9.17) is 4.43 Å². The Kier molecular flexibility index (Phi) is 7.45. The summed E-state index contributed by atoms with van der Waals surface area (Å²) in [5.41, 5.74) is 0.830. The standard InChI is InChI=1S/C23H37F3N2O2Si/c1-22(2,3)31(4,5)30-20-11-12-28(15-20)16-21(27-14-17-9-10-17)18-7-6-8-19(13-18)29-23(24,25)26/h6-8,13,17,20-21,27H,9-12,14-16H2,1-5H3/t20-,21+/m0/s1. The average molecular weight is 459 g/mol. The Bertz CT molecular complexity index is 732. The highest BCUT2D eigenvalue weighted by molar-refractivity contribution is 6.74. The minimum Gasteiger partial charge on any atom is -0.413 e. The number of hydrogen-bond donors (Lipinski definition) is 1. The first-order valence-corrected chi connectivity index (χ1v) is 14.2. The first-order valence-electron chi connectivity index (χ1n) is 11.3. The zero-order chi connectivity index (χ0) is 22.9. The fourth-order valence-corrected chi connectivity index (χ4v) is 5.14. The molecule has 3 rings (SSSR count). The molecule has 0 unspecified atom stereocenters. The van der Waals surface area contributed by atoms with Crippen LogP contribution in [0.4, 0.5) is 13.2 Å². The van der Waals surface area contributed by atoms with Crippen molar-refractivity contribution in [2.75, 3.05) is 26.2 Å². The molecule has 1 aromatic carbocycles. The van der Waals surface area contributed by atoms with Gasteiger partial charge in [-0.25, -0.2) is 0 Å². The number of nitrogens with zero attached hydrogens (tertiary/aromatic N) is 1. The molecule has 0 bridgehead atoms. The molecule has 1 saturated carbocycles. The van der Waals surface area contributed by atoms with Crippen LogP contribution in [0.3, 0.4) is 0 Å². The van der Waals surface area contributed by atoms with Crippen LogP contribution in [-0.4, -0.2) is 51.9 Å². The molecule has 2 atom stereocenters. The Balaban J connectivity index is 1.64. The van der Waals surface area contributed by atoms with E-state index in [-0.39, 0.29) is 22.9 Å². The fraction of sp³-hybridized carbons (Fsp3) is 0.739. The Labute approximate surface area is 185 Å². The van der Waals surface area contributed by atoms with E-state index in [0.29, 0.717) is 5.92 Å². The first kappa shape index (κ1) is 24.5. The maximum absolute atomic E-state index is 12.7. The van der Waals surface area contributed by atoms with Crippen LogP contribution in [-0.2, 0) is 4.43 Å². The number of hydrogen-bond acceptors (Lipinski definition) is 4. The summed E-state index contributed by atoms with van der Waals surface area (Å²) < 4.78 is 48.8. The second-order valence-corrected chi connectivity index (χ2v) is 15.3. The van der Waals surface area contributed by atoms with Crippen molar-refractivity contribution in [1.82, 2.24) is 10.2 Å². The maximum atomic E-state index is 12.7. The molecule has 31 heavy (non-hydrogen) atoms. The van der Waals surface area contributed by atoms with Crippen LogP contribution in [0.2, 0.25) is 18.1 Å². The van der Waals surface area contributed by atoms with Crippen LogP contribution in [0.5, 0.6) is 5.75 Å². The van der Waals surface area contributed by atoms with Gasteiger partial charge in [0.15, 0.2) is 8.32 Å². The molecule has 0 aromatic heterocycles. The third-order valence-electron chi connectivity index (χ3n) is 6.78. The molecule has 0 amide bonds. The van der Waals surface area contributed by atoms with E-state index in [1.165, 1.54) is 25.0 Å². The number of alkyl halides is 3. The van der Waals surface area contributed by atoms with E-state index in [1.54, 1.807) is 6.07 Å². The molecule has 1 heterocycles. The van der Waals surface area contributed by atoms with Gasteiger partial charge < -0.3 is 14.5 Å². The van der Waals surface area contributed by atoms with Gasteiger partial charge in [-0.05, 0) is 67.6 Å². The van der Waals surface area contributed by atoms with Crippen LogP contribution >= 0.6 is 0 Å². The number of ether oxygens (including phenoxy) is 1. The lowest BCUT2D eigenvalue weighted by molar-refractivity contribution is -0.274. The number of likely N-dealkylation sites (tertiary alicyclic amines) is 1. The van der Waals surface area contributed by atoms with Gasteiger partial charge in [-0.15, -0.1) is 13.2 Å². The predicted molar refractivity (Wildman–Crippen MR) is 120 cm³/mol.